The van der Waals surface area contributed by atoms with Gasteiger partial charge in [-0.05, 0) is 48.0 Å². The molecule has 0 spiro atoms. The van der Waals surface area contributed by atoms with E-state index < -0.39 is 10.0 Å². The molecule has 4 nitrogen and oxygen atoms in total. The lowest BCUT2D eigenvalue weighted by Gasteiger charge is -2.31. The summed E-state index contributed by atoms with van der Waals surface area (Å²) in [6.07, 6.45) is 1.92. The Hall–Kier alpha value is -0.140. The fourth-order valence-corrected chi connectivity index (χ4v) is 4.68. The molecule has 1 atom stereocenters. The lowest BCUT2D eigenvalue weighted by molar-refractivity contribution is 0.292. The van der Waals surface area contributed by atoms with Gasteiger partial charge in [-0.3, -0.25) is 0 Å². The molecule has 108 valence electrons. The highest BCUT2D eigenvalue weighted by molar-refractivity contribution is 9.10. The highest BCUT2D eigenvalue weighted by Gasteiger charge is 2.30. The average molecular weight is 370 g/mol. The second-order valence-corrected chi connectivity index (χ2v) is 7.18. The van der Waals surface area contributed by atoms with E-state index >= 15 is 0 Å². The smallest absolute Gasteiger partial charge is 0.244 e. The van der Waals surface area contributed by atoms with E-state index in [9.17, 15) is 8.42 Å². The number of sulfonamides is 1. The zero-order valence-electron chi connectivity index (χ0n) is 10.7. The van der Waals surface area contributed by atoms with Gasteiger partial charge in [0, 0.05) is 23.6 Å². The van der Waals surface area contributed by atoms with Gasteiger partial charge in [-0.25, -0.2) is 8.42 Å². The van der Waals surface area contributed by atoms with E-state index in [1.807, 2.05) is 13.1 Å². The Labute approximate surface area is 129 Å². The summed E-state index contributed by atoms with van der Waals surface area (Å²) in [5, 5.41) is 3.15. The number of nitrogens with zero attached hydrogens (tertiary/aromatic N) is 1. The maximum absolute atomic E-state index is 12.5. The second-order valence-electron chi connectivity index (χ2n) is 4.42. The van der Waals surface area contributed by atoms with E-state index in [4.69, 9.17) is 0 Å². The van der Waals surface area contributed by atoms with Crippen LogP contribution in [-0.4, -0.2) is 38.9 Å². The summed E-state index contributed by atoms with van der Waals surface area (Å²) in [5.41, 5.74) is 0. The van der Waals surface area contributed by atoms with E-state index in [2.05, 4.69) is 21.2 Å². The highest BCUT2D eigenvalue weighted by Crippen LogP contribution is 2.26. The summed E-state index contributed by atoms with van der Waals surface area (Å²) in [5.74, 6) is 0. The standard InChI is InChI=1S/C12H17BrN2O2S.ClH/c1-14-10-5-4-8-15(9-10)18(16,17)12-7-3-2-6-11(12)13;/h2-3,6-7,10,14H,4-5,8-9H2,1H3;1H. The second kappa shape index (κ2) is 7.04. The Morgan fingerprint density at radius 2 is 2.05 bits per heavy atom. The van der Waals surface area contributed by atoms with Crippen LogP contribution in [0.4, 0.5) is 0 Å². The molecule has 0 amide bonds. The first-order chi connectivity index (χ1) is 8.55. The predicted molar refractivity (Wildman–Crippen MR) is 82.2 cm³/mol. The van der Waals surface area contributed by atoms with Gasteiger partial charge < -0.3 is 5.32 Å². The van der Waals surface area contributed by atoms with Crippen molar-refractivity contribution in [3.63, 3.8) is 0 Å². The van der Waals surface area contributed by atoms with Gasteiger partial charge in [-0.1, -0.05) is 12.1 Å². The third kappa shape index (κ3) is 3.70. The minimum absolute atomic E-state index is 0. The van der Waals surface area contributed by atoms with Crippen molar-refractivity contribution in [3.05, 3.63) is 28.7 Å². The summed E-state index contributed by atoms with van der Waals surface area (Å²) >= 11 is 3.31. The molecule has 0 aromatic heterocycles. The van der Waals surface area contributed by atoms with Crippen molar-refractivity contribution in [2.24, 2.45) is 0 Å². The number of hydrogen-bond acceptors (Lipinski definition) is 3. The van der Waals surface area contributed by atoms with E-state index in [1.54, 1.807) is 22.5 Å². The van der Waals surface area contributed by atoms with E-state index in [0.29, 0.717) is 22.5 Å². The Kier molecular flexibility index (Phi) is 6.26. The highest BCUT2D eigenvalue weighted by atomic mass is 79.9. The van der Waals surface area contributed by atoms with Gasteiger partial charge in [0.25, 0.3) is 0 Å². The minimum atomic E-state index is -3.39. The normalized spacial score (nSPS) is 20.8. The molecule has 1 aromatic carbocycles. The Morgan fingerprint density at radius 1 is 1.37 bits per heavy atom. The molecule has 1 aliphatic rings. The Balaban J connectivity index is 0.00000180. The fraction of sp³-hybridized carbons (Fsp3) is 0.500. The molecule has 1 saturated heterocycles. The average Bonchev–Trinajstić information content (AvgIpc) is 2.39. The van der Waals surface area contributed by atoms with Crippen LogP contribution in [-0.2, 0) is 10.0 Å². The van der Waals surface area contributed by atoms with Gasteiger partial charge in [0.2, 0.25) is 10.0 Å². The summed E-state index contributed by atoms with van der Waals surface area (Å²) < 4.78 is 27.3. The number of piperidine rings is 1. The van der Waals surface area contributed by atoms with Crippen molar-refractivity contribution in [2.45, 2.75) is 23.8 Å². The molecule has 1 heterocycles. The van der Waals surface area contributed by atoms with Crippen LogP contribution in [0.5, 0.6) is 0 Å². The summed E-state index contributed by atoms with van der Waals surface area (Å²) in [4.78, 5) is 0.349. The molecule has 1 aliphatic heterocycles. The van der Waals surface area contributed by atoms with Crippen LogP contribution in [0.3, 0.4) is 0 Å². The lowest BCUT2D eigenvalue weighted by atomic mass is 10.1. The number of halogens is 2. The van der Waals surface area contributed by atoms with Gasteiger partial charge in [0.15, 0.2) is 0 Å². The molecule has 19 heavy (non-hydrogen) atoms. The van der Waals surface area contributed by atoms with Crippen molar-refractivity contribution in [3.8, 4) is 0 Å². The van der Waals surface area contributed by atoms with Crippen LogP contribution in [0.25, 0.3) is 0 Å². The lowest BCUT2D eigenvalue weighted by Crippen LogP contribution is -2.46. The van der Waals surface area contributed by atoms with E-state index in [0.717, 1.165) is 12.8 Å². The van der Waals surface area contributed by atoms with Gasteiger partial charge in [0.05, 0.1) is 4.90 Å². The molecule has 7 heteroatoms. The number of benzene rings is 1. The van der Waals surface area contributed by atoms with Crippen molar-refractivity contribution < 1.29 is 8.42 Å². The molecule has 1 unspecified atom stereocenters. The van der Waals surface area contributed by atoms with Gasteiger partial charge in [0.1, 0.15) is 0 Å². The van der Waals surface area contributed by atoms with Crippen molar-refractivity contribution in [1.29, 1.82) is 0 Å². The first kappa shape index (κ1) is 16.9. The van der Waals surface area contributed by atoms with Gasteiger partial charge in [-0.15, -0.1) is 12.4 Å². The van der Waals surface area contributed by atoms with Gasteiger partial charge in [-0.2, -0.15) is 4.31 Å². The number of nitrogens with one attached hydrogen (secondary N) is 1. The largest absolute Gasteiger partial charge is 0.316 e. The molecule has 1 fully saturated rings. The third-order valence-electron chi connectivity index (χ3n) is 3.25. The van der Waals surface area contributed by atoms with E-state index in [-0.39, 0.29) is 18.4 Å². The molecule has 0 bridgehead atoms. The fourth-order valence-electron chi connectivity index (χ4n) is 2.19. The third-order valence-corrected chi connectivity index (χ3v) is 6.12. The predicted octanol–water partition coefficient (Wildman–Crippen LogP) is 2.24. The van der Waals surface area contributed by atoms with Crippen LogP contribution in [0.1, 0.15) is 12.8 Å². The maximum atomic E-state index is 12.5. The van der Waals surface area contributed by atoms with Crippen LogP contribution in [0.15, 0.2) is 33.6 Å². The van der Waals surface area contributed by atoms with Gasteiger partial charge >= 0.3 is 0 Å². The van der Waals surface area contributed by atoms with E-state index in [1.165, 1.54) is 0 Å². The first-order valence-electron chi connectivity index (χ1n) is 5.97. The molecular formula is C12H18BrClN2O2S. The molecule has 0 saturated carbocycles. The summed E-state index contributed by atoms with van der Waals surface area (Å²) in [6, 6.07) is 7.21. The van der Waals surface area contributed by atoms with Crippen molar-refractivity contribution >= 4 is 38.4 Å². The summed E-state index contributed by atoms with van der Waals surface area (Å²) in [6.45, 7) is 1.14. The van der Waals surface area contributed by atoms with Crippen molar-refractivity contribution in [2.75, 3.05) is 20.1 Å². The minimum Gasteiger partial charge on any atom is -0.316 e. The number of hydrogen-bond donors (Lipinski definition) is 1. The molecule has 1 N–H and O–H groups in total. The molecule has 1 aromatic rings. The first-order valence-corrected chi connectivity index (χ1v) is 8.21. The van der Waals surface area contributed by atoms with Crippen LogP contribution in [0, 0.1) is 0 Å². The zero-order chi connectivity index (χ0) is 13.2. The molecular weight excluding hydrogens is 352 g/mol. The number of rotatable bonds is 3. The zero-order valence-corrected chi connectivity index (χ0v) is 13.9. The van der Waals surface area contributed by atoms with Crippen molar-refractivity contribution in [1.82, 2.24) is 9.62 Å². The van der Waals surface area contributed by atoms with Crippen LogP contribution in [0.2, 0.25) is 0 Å². The maximum Gasteiger partial charge on any atom is 0.244 e. The quantitative estimate of drug-likeness (QED) is 0.889. The Bertz CT molecular complexity index is 524. The monoisotopic (exact) mass is 368 g/mol. The van der Waals surface area contributed by atoms with Crippen LogP contribution < -0.4 is 5.32 Å². The molecule has 2 rings (SSSR count). The molecule has 0 radical (unpaired) electrons. The topological polar surface area (TPSA) is 49.4 Å². The molecule has 0 aliphatic carbocycles. The Morgan fingerprint density at radius 3 is 2.68 bits per heavy atom. The number of likely N-dealkylation sites (N-methyl/N-ethyl adjacent to an activating group) is 1. The SMILES string of the molecule is CNC1CCCN(S(=O)(=O)c2ccccc2Br)C1.Cl. The van der Waals surface area contributed by atoms with Crippen LogP contribution >= 0.6 is 28.3 Å². The summed E-state index contributed by atoms with van der Waals surface area (Å²) in [7, 11) is -1.52.